The van der Waals surface area contributed by atoms with Crippen molar-refractivity contribution < 1.29 is 9.53 Å². The van der Waals surface area contributed by atoms with E-state index >= 15 is 0 Å². The molecule has 0 saturated carbocycles. The van der Waals surface area contributed by atoms with E-state index in [9.17, 15) is 4.79 Å². The summed E-state index contributed by atoms with van der Waals surface area (Å²) in [4.78, 5) is 18.9. The van der Waals surface area contributed by atoms with Crippen LogP contribution in [-0.2, 0) is 0 Å². The third-order valence-corrected chi connectivity index (χ3v) is 4.48. The Kier molecular flexibility index (Phi) is 4.03. The molecule has 0 bridgehead atoms. The van der Waals surface area contributed by atoms with E-state index in [0.29, 0.717) is 12.1 Å². The van der Waals surface area contributed by atoms with Gasteiger partial charge in [-0.2, -0.15) is 0 Å². The molecule has 0 saturated heterocycles. The Morgan fingerprint density at radius 1 is 1.27 bits per heavy atom. The Hall–Kier alpha value is -3.02. The summed E-state index contributed by atoms with van der Waals surface area (Å²) in [7, 11) is 0. The number of anilines is 1. The van der Waals surface area contributed by atoms with E-state index in [4.69, 9.17) is 4.74 Å². The van der Waals surface area contributed by atoms with Crippen molar-refractivity contribution in [1.29, 1.82) is 0 Å². The number of hydrogen-bond donors (Lipinski definition) is 1. The summed E-state index contributed by atoms with van der Waals surface area (Å²) in [6, 6.07) is 11.7. The molecule has 0 unspecified atom stereocenters. The summed E-state index contributed by atoms with van der Waals surface area (Å²) in [6.45, 7) is 6.22. The van der Waals surface area contributed by atoms with Gasteiger partial charge in [-0.25, -0.2) is 4.98 Å². The number of hydrogen-bond acceptors (Lipinski definition) is 4. The van der Waals surface area contributed by atoms with Crippen LogP contribution in [0.25, 0.3) is 5.65 Å². The largest absolute Gasteiger partial charge is 0.484 e. The van der Waals surface area contributed by atoms with Crippen LogP contribution in [0.1, 0.15) is 24.2 Å². The predicted molar refractivity (Wildman–Crippen MR) is 101 cm³/mol. The molecule has 3 aromatic rings. The number of nitrogens with zero attached hydrogens (tertiary/aromatic N) is 3. The molecule has 4 rings (SSSR count). The van der Waals surface area contributed by atoms with Crippen LogP contribution in [0.3, 0.4) is 0 Å². The first-order chi connectivity index (χ1) is 12.5. The summed E-state index contributed by atoms with van der Waals surface area (Å²) in [5.41, 5.74) is 2.26. The molecule has 0 radical (unpaired) electrons. The fraction of sp³-hybridized carbons (Fsp3) is 0.300. The highest BCUT2D eigenvalue weighted by molar-refractivity contribution is 5.94. The summed E-state index contributed by atoms with van der Waals surface area (Å²) >= 11 is 0. The fourth-order valence-corrected chi connectivity index (χ4v) is 3.34. The Morgan fingerprint density at radius 2 is 2.12 bits per heavy atom. The van der Waals surface area contributed by atoms with Crippen molar-refractivity contribution in [2.75, 3.05) is 24.5 Å². The number of imidazole rings is 1. The topological polar surface area (TPSA) is 58.9 Å². The van der Waals surface area contributed by atoms with Crippen molar-refractivity contribution in [3.8, 4) is 5.75 Å². The molecule has 6 heteroatoms. The molecule has 134 valence electrons. The Balaban J connectivity index is 1.42. The summed E-state index contributed by atoms with van der Waals surface area (Å²) in [5, 5.41) is 3.01. The first-order valence-electron chi connectivity index (χ1n) is 8.76. The van der Waals surface area contributed by atoms with Gasteiger partial charge in [-0.3, -0.25) is 4.79 Å². The van der Waals surface area contributed by atoms with Crippen molar-refractivity contribution in [1.82, 2.24) is 14.7 Å². The number of nitrogens with one attached hydrogen (secondary N) is 1. The molecule has 6 nitrogen and oxygen atoms in total. The van der Waals surface area contributed by atoms with Crippen LogP contribution >= 0.6 is 0 Å². The van der Waals surface area contributed by atoms with E-state index in [1.807, 2.05) is 34.9 Å². The standard InChI is InChI=1S/C20H22N4O2/c1-20(2)14-24(16-5-3-4-6-17(16)26-20)12-10-22-19(25)15-7-8-18-21-9-11-23(18)13-15/h3-9,11,13H,10,12,14H2,1-2H3,(H,22,25). The van der Waals surface area contributed by atoms with E-state index in [2.05, 4.69) is 35.1 Å². The van der Waals surface area contributed by atoms with E-state index < -0.39 is 0 Å². The summed E-state index contributed by atoms with van der Waals surface area (Å²) in [6.07, 6.45) is 5.35. The summed E-state index contributed by atoms with van der Waals surface area (Å²) in [5.74, 6) is 0.807. The zero-order chi connectivity index (χ0) is 18.1. The van der Waals surface area contributed by atoms with Gasteiger partial charge in [-0.15, -0.1) is 0 Å². The molecule has 0 fully saturated rings. The molecule has 1 N–H and O–H groups in total. The fourth-order valence-electron chi connectivity index (χ4n) is 3.34. The molecule has 0 aliphatic carbocycles. The van der Waals surface area contributed by atoms with Gasteiger partial charge in [0.05, 0.1) is 17.8 Å². The molecule has 2 aromatic heterocycles. The van der Waals surface area contributed by atoms with Gasteiger partial charge in [0.25, 0.3) is 5.91 Å². The number of aromatic nitrogens is 2. The molecular formula is C20H22N4O2. The highest BCUT2D eigenvalue weighted by Crippen LogP contribution is 2.36. The van der Waals surface area contributed by atoms with Gasteiger partial charge < -0.3 is 19.4 Å². The van der Waals surface area contributed by atoms with Crippen molar-refractivity contribution in [2.24, 2.45) is 0 Å². The monoisotopic (exact) mass is 350 g/mol. The minimum absolute atomic E-state index is 0.0820. The lowest BCUT2D eigenvalue weighted by molar-refractivity contribution is 0.0950. The highest BCUT2D eigenvalue weighted by atomic mass is 16.5. The zero-order valence-corrected chi connectivity index (χ0v) is 15.0. The average molecular weight is 350 g/mol. The molecule has 0 spiro atoms. The number of pyridine rings is 1. The first-order valence-corrected chi connectivity index (χ1v) is 8.76. The van der Waals surface area contributed by atoms with E-state index in [1.165, 1.54) is 0 Å². The van der Waals surface area contributed by atoms with Gasteiger partial charge in [0, 0.05) is 31.7 Å². The van der Waals surface area contributed by atoms with Gasteiger partial charge >= 0.3 is 0 Å². The summed E-state index contributed by atoms with van der Waals surface area (Å²) < 4.78 is 7.88. The number of ether oxygens (including phenoxy) is 1. The van der Waals surface area contributed by atoms with E-state index in [0.717, 1.165) is 30.2 Å². The van der Waals surface area contributed by atoms with Crippen molar-refractivity contribution in [3.63, 3.8) is 0 Å². The molecule has 1 amide bonds. The lowest BCUT2D eigenvalue weighted by Gasteiger charge is -2.41. The second-order valence-corrected chi connectivity index (χ2v) is 7.12. The lowest BCUT2D eigenvalue weighted by atomic mass is 10.1. The molecule has 1 aliphatic heterocycles. The van der Waals surface area contributed by atoms with Crippen LogP contribution in [-0.4, -0.2) is 40.5 Å². The van der Waals surface area contributed by atoms with Gasteiger partial charge in [-0.05, 0) is 38.1 Å². The number of rotatable bonds is 4. The SMILES string of the molecule is CC1(C)CN(CCNC(=O)c2ccc3nccn3c2)c2ccccc2O1. The number of para-hydroxylation sites is 2. The van der Waals surface area contributed by atoms with Crippen LogP contribution in [0.4, 0.5) is 5.69 Å². The van der Waals surface area contributed by atoms with Crippen LogP contribution in [0.15, 0.2) is 55.0 Å². The third kappa shape index (κ3) is 3.22. The second kappa shape index (κ2) is 6.37. The van der Waals surface area contributed by atoms with Gasteiger partial charge in [0.1, 0.15) is 17.0 Å². The Labute approximate surface area is 152 Å². The Bertz CT molecular complexity index is 948. The number of fused-ring (bicyclic) bond motifs is 2. The van der Waals surface area contributed by atoms with Crippen LogP contribution in [0.2, 0.25) is 0 Å². The quantitative estimate of drug-likeness (QED) is 0.786. The predicted octanol–water partition coefficient (Wildman–Crippen LogP) is 2.74. The maximum absolute atomic E-state index is 12.4. The molecule has 26 heavy (non-hydrogen) atoms. The van der Waals surface area contributed by atoms with Crippen molar-refractivity contribution in [2.45, 2.75) is 19.4 Å². The maximum atomic E-state index is 12.4. The van der Waals surface area contributed by atoms with E-state index in [-0.39, 0.29) is 11.5 Å². The normalized spacial score (nSPS) is 15.4. The van der Waals surface area contributed by atoms with Crippen molar-refractivity contribution in [3.05, 3.63) is 60.6 Å². The number of benzene rings is 1. The number of carbonyl (C=O) groups excluding carboxylic acids is 1. The molecule has 1 aliphatic rings. The molecule has 3 heterocycles. The Morgan fingerprint density at radius 3 is 3.00 bits per heavy atom. The second-order valence-electron chi connectivity index (χ2n) is 7.12. The smallest absolute Gasteiger partial charge is 0.252 e. The zero-order valence-electron chi connectivity index (χ0n) is 15.0. The lowest BCUT2D eigenvalue weighted by Crippen LogP contribution is -2.49. The highest BCUT2D eigenvalue weighted by Gasteiger charge is 2.31. The van der Waals surface area contributed by atoms with Gasteiger partial charge in [0.15, 0.2) is 0 Å². The van der Waals surface area contributed by atoms with Crippen LogP contribution in [0.5, 0.6) is 5.75 Å². The first kappa shape index (κ1) is 16.4. The number of carbonyl (C=O) groups is 1. The molecular weight excluding hydrogens is 328 g/mol. The molecule has 1 aromatic carbocycles. The minimum atomic E-state index is -0.259. The van der Waals surface area contributed by atoms with Crippen molar-refractivity contribution >= 4 is 17.2 Å². The maximum Gasteiger partial charge on any atom is 0.252 e. The van der Waals surface area contributed by atoms with E-state index in [1.54, 1.807) is 18.5 Å². The average Bonchev–Trinajstić information content (AvgIpc) is 3.08. The third-order valence-electron chi connectivity index (χ3n) is 4.48. The number of amides is 1. The van der Waals surface area contributed by atoms with Crippen LogP contribution < -0.4 is 15.0 Å². The van der Waals surface area contributed by atoms with Gasteiger partial charge in [0.2, 0.25) is 0 Å². The minimum Gasteiger partial charge on any atom is -0.484 e. The molecule has 0 atom stereocenters. The van der Waals surface area contributed by atoms with Crippen LogP contribution in [0, 0.1) is 0 Å². The van der Waals surface area contributed by atoms with Gasteiger partial charge in [-0.1, -0.05) is 12.1 Å².